The van der Waals surface area contributed by atoms with E-state index in [1.807, 2.05) is 0 Å². The number of fused-ring (bicyclic) bond motifs is 1. The van der Waals surface area contributed by atoms with E-state index in [4.69, 9.17) is 0 Å². The van der Waals surface area contributed by atoms with Gasteiger partial charge in [0.2, 0.25) is 5.91 Å². The maximum Gasteiger partial charge on any atom is 0.220 e. The molecule has 0 bridgehead atoms. The quantitative estimate of drug-likeness (QED) is 0.705. The summed E-state index contributed by atoms with van der Waals surface area (Å²) in [7, 11) is 0. The highest BCUT2D eigenvalue weighted by atomic mass is 16.3. The van der Waals surface area contributed by atoms with Crippen molar-refractivity contribution >= 4 is 5.91 Å². The van der Waals surface area contributed by atoms with E-state index in [2.05, 4.69) is 50.6 Å². The number of aryl methyl sites for hydroxylation is 1. The topological polar surface area (TPSA) is 83.3 Å². The van der Waals surface area contributed by atoms with Crippen molar-refractivity contribution in [2.45, 2.75) is 50.8 Å². The highest BCUT2D eigenvalue weighted by molar-refractivity contribution is 5.76. The predicted molar refractivity (Wildman–Crippen MR) is 110 cm³/mol. The number of hydrogen-bond donors (Lipinski definition) is 2. The van der Waals surface area contributed by atoms with Gasteiger partial charge in [0.15, 0.2) is 0 Å². The predicted octanol–water partition coefficient (Wildman–Crippen LogP) is 1.49. The smallest absolute Gasteiger partial charge is 0.220 e. The largest absolute Gasteiger partial charge is 0.391 e. The first kappa shape index (κ1) is 20.0. The fourth-order valence-corrected chi connectivity index (χ4v) is 4.83. The van der Waals surface area contributed by atoms with Gasteiger partial charge in [-0.3, -0.25) is 9.48 Å². The van der Waals surface area contributed by atoms with Gasteiger partial charge in [-0.05, 0) is 43.1 Å². The zero-order valence-electron chi connectivity index (χ0n) is 16.9. The van der Waals surface area contributed by atoms with Gasteiger partial charge >= 0.3 is 0 Å². The molecule has 7 nitrogen and oxygen atoms in total. The molecule has 4 rings (SSSR count). The van der Waals surface area contributed by atoms with E-state index in [-0.39, 0.29) is 11.9 Å². The summed E-state index contributed by atoms with van der Waals surface area (Å²) < 4.78 is 1.73. The Kier molecular flexibility index (Phi) is 6.56. The van der Waals surface area contributed by atoms with E-state index < -0.39 is 6.10 Å². The highest BCUT2D eigenvalue weighted by Gasteiger charge is 2.41. The molecule has 1 saturated carbocycles. The van der Waals surface area contributed by atoms with E-state index in [1.54, 1.807) is 11.0 Å². The Labute approximate surface area is 172 Å². The summed E-state index contributed by atoms with van der Waals surface area (Å²) in [6.07, 6.45) is 6.61. The SMILES string of the molecule is O=C(CCCn1cncn1)N[C@H]1C[C@H]2CN(CCc3ccccc3)C[C@H]2C[C@@H]1O. The molecule has 2 fully saturated rings. The lowest BCUT2D eigenvalue weighted by molar-refractivity contribution is -0.123. The molecular formula is C22H31N5O2. The number of amides is 1. The van der Waals surface area contributed by atoms with Crippen LogP contribution in [0.25, 0.3) is 0 Å². The molecule has 29 heavy (non-hydrogen) atoms. The summed E-state index contributed by atoms with van der Waals surface area (Å²) in [6.45, 7) is 3.88. The van der Waals surface area contributed by atoms with Crippen molar-refractivity contribution in [2.24, 2.45) is 11.8 Å². The van der Waals surface area contributed by atoms with Crippen LogP contribution in [0.4, 0.5) is 0 Å². The number of benzene rings is 1. The fourth-order valence-electron chi connectivity index (χ4n) is 4.83. The summed E-state index contributed by atoms with van der Waals surface area (Å²) in [5.74, 6) is 1.13. The summed E-state index contributed by atoms with van der Waals surface area (Å²) in [5.41, 5.74) is 1.37. The van der Waals surface area contributed by atoms with Crippen molar-refractivity contribution in [3.63, 3.8) is 0 Å². The van der Waals surface area contributed by atoms with E-state index in [1.165, 1.54) is 11.9 Å². The number of aliphatic hydroxyl groups is 1. The van der Waals surface area contributed by atoms with E-state index in [0.717, 1.165) is 45.3 Å². The van der Waals surface area contributed by atoms with Gasteiger partial charge in [0.1, 0.15) is 12.7 Å². The third kappa shape index (κ3) is 5.42. The molecular weight excluding hydrogens is 366 g/mol. The van der Waals surface area contributed by atoms with Crippen LogP contribution in [0.1, 0.15) is 31.2 Å². The Balaban J connectivity index is 1.21. The molecule has 1 saturated heterocycles. The maximum atomic E-state index is 12.3. The van der Waals surface area contributed by atoms with E-state index in [9.17, 15) is 9.90 Å². The standard InChI is InChI=1S/C22H31N5O2/c28-21-12-19-14-26(10-8-17-5-2-1-3-6-17)13-18(19)11-20(21)25-22(29)7-4-9-27-16-23-15-24-27/h1-3,5-6,15-16,18-21,28H,4,7-14H2,(H,25,29)/t18-,19+,20-,21-/m0/s1. The third-order valence-corrected chi connectivity index (χ3v) is 6.38. The van der Waals surface area contributed by atoms with Crippen LogP contribution in [0.2, 0.25) is 0 Å². The van der Waals surface area contributed by atoms with Gasteiger partial charge < -0.3 is 15.3 Å². The van der Waals surface area contributed by atoms with Crippen molar-refractivity contribution in [2.75, 3.05) is 19.6 Å². The maximum absolute atomic E-state index is 12.3. The number of hydrogen-bond acceptors (Lipinski definition) is 5. The van der Waals surface area contributed by atoms with Crippen LogP contribution < -0.4 is 5.32 Å². The number of carbonyl (C=O) groups excluding carboxylic acids is 1. The molecule has 156 valence electrons. The number of nitrogens with one attached hydrogen (secondary N) is 1. The van der Waals surface area contributed by atoms with Crippen molar-refractivity contribution in [3.05, 3.63) is 48.5 Å². The Bertz CT molecular complexity index is 767. The lowest BCUT2D eigenvalue weighted by Gasteiger charge is -2.35. The highest BCUT2D eigenvalue weighted by Crippen LogP contribution is 2.36. The van der Waals surface area contributed by atoms with Gasteiger partial charge in [-0.15, -0.1) is 0 Å². The number of rotatable bonds is 8. The summed E-state index contributed by atoms with van der Waals surface area (Å²) in [6, 6.07) is 10.5. The minimum atomic E-state index is -0.440. The molecule has 0 unspecified atom stereocenters. The molecule has 2 aliphatic rings. The monoisotopic (exact) mass is 397 g/mol. The number of likely N-dealkylation sites (tertiary alicyclic amines) is 1. The fraction of sp³-hybridized carbons (Fsp3) is 0.591. The normalized spacial score (nSPS) is 26.9. The molecule has 7 heteroatoms. The van der Waals surface area contributed by atoms with Gasteiger partial charge in [-0.2, -0.15) is 5.10 Å². The van der Waals surface area contributed by atoms with Crippen LogP contribution >= 0.6 is 0 Å². The first-order valence-electron chi connectivity index (χ1n) is 10.7. The first-order chi connectivity index (χ1) is 14.2. The van der Waals surface area contributed by atoms with Gasteiger partial charge in [-0.1, -0.05) is 30.3 Å². The first-order valence-corrected chi connectivity index (χ1v) is 10.7. The van der Waals surface area contributed by atoms with E-state index >= 15 is 0 Å². The molecule has 1 aliphatic heterocycles. The third-order valence-electron chi connectivity index (χ3n) is 6.38. The summed E-state index contributed by atoms with van der Waals surface area (Å²) in [5, 5.41) is 17.7. The zero-order valence-corrected chi connectivity index (χ0v) is 16.9. The van der Waals surface area contributed by atoms with Crippen LogP contribution in [0.3, 0.4) is 0 Å². The van der Waals surface area contributed by atoms with Gasteiger partial charge in [0.05, 0.1) is 12.1 Å². The van der Waals surface area contributed by atoms with Crippen LogP contribution in [0.15, 0.2) is 43.0 Å². The zero-order chi connectivity index (χ0) is 20.1. The van der Waals surface area contributed by atoms with Crippen LogP contribution in [-0.2, 0) is 17.8 Å². The second kappa shape index (κ2) is 9.50. The minimum absolute atomic E-state index is 0.0199. The molecule has 2 N–H and O–H groups in total. The van der Waals surface area contributed by atoms with Crippen LogP contribution in [-0.4, -0.2) is 62.5 Å². The second-order valence-electron chi connectivity index (χ2n) is 8.49. The Morgan fingerprint density at radius 3 is 2.69 bits per heavy atom. The molecule has 1 aromatic carbocycles. The molecule has 4 atom stereocenters. The van der Waals surface area contributed by atoms with Gasteiger partial charge in [0.25, 0.3) is 0 Å². The lowest BCUT2D eigenvalue weighted by atomic mass is 9.77. The summed E-state index contributed by atoms with van der Waals surface area (Å²) in [4.78, 5) is 18.8. The molecule has 2 aromatic rings. The van der Waals surface area contributed by atoms with Crippen LogP contribution in [0, 0.1) is 11.8 Å². The van der Waals surface area contributed by atoms with Crippen molar-refractivity contribution in [1.82, 2.24) is 25.0 Å². The van der Waals surface area contributed by atoms with E-state index in [0.29, 0.717) is 24.8 Å². The molecule has 1 aliphatic carbocycles. The van der Waals surface area contributed by atoms with Gasteiger partial charge in [-0.25, -0.2) is 4.98 Å². The molecule has 0 radical (unpaired) electrons. The van der Waals surface area contributed by atoms with Gasteiger partial charge in [0, 0.05) is 32.6 Å². The summed E-state index contributed by atoms with van der Waals surface area (Å²) >= 11 is 0. The molecule has 1 aromatic heterocycles. The average molecular weight is 398 g/mol. The minimum Gasteiger partial charge on any atom is -0.391 e. The van der Waals surface area contributed by atoms with Crippen molar-refractivity contribution in [3.8, 4) is 0 Å². The Hall–Kier alpha value is -2.25. The van der Waals surface area contributed by atoms with Crippen molar-refractivity contribution < 1.29 is 9.90 Å². The molecule has 2 heterocycles. The Morgan fingerprint density at radius 2 is 1.93 bits per heavy atom. The van der Waals surface area contributed by atoms with Crippen LogP contribution in [0.5, 0.6) is 0 Å². The lowest BCUT2D eigenvalue weighted by Crippen LogP contribution is -2.49. The Morgan fingerprint density at radius 1 is 1.14 bits per heavy atom. The number of nitrogens with zero attached hydrogens (tertiary/aromatic N) is 4. The average Bonchev–Trinajstić information content (AvgIpc) is 3.37. The number of aromatic nitrogens is 3. The molecule has 0 spiro atoms. The number of carbonyl (C=O) groups is 1. The second-order valence-corrected chi connectivity index (χ2v) is 8.49. The van der Waals surface area contributed by atoms with Crippen molar-refractivity contribution in [1.29, 1.82) is 0 Å². The molecule has 1 amide bonds. The number of aliphatic hydroxyl groups excluding tert-OH is 1.